The Hall–Kier alpha value is -0.280. The monoisotopic (exact) mass is 315 g/mol. The van der Waals surface area contributed by atoms with Crippen molar-refractivity contribution in [2.75, 3.05) is 6.54 Å². The van der Waals surface area contributed by atoms with E-state index in [0.29, 0.717) is 17.4 Å². The number of nitrogens with one attached hydrogen (secondary N) is 1. The average molecular weight is 316 g/mol. The quantitative estimate of drug-likeness (QED) is 0.784. The maximum atomic E-state index is 5.63. The van der Waals surface area contributed by atoms with E-state index >= 15 is 0 Å². The highest BCUT2D eigenvalue weighted by Gasteiger charge is 2.26. The third-order valence-electron chi connectivity index (χ3n) is 3.67. The van der Waals surface area contributed by atoms with Gasteiger partial charge in [-0.05, 0) is 52.7 Å². The smallest absolute Gasteiger partial charge is 0.134 e. The summed E-state index contributed by atoms with van der Waals surface area (Å²) in [6, 6.07) is 2.26. The van der Waals surface area contributed by atoms with Crippen LogP contribution in [0.1, 0.15) is 59.3 Å². The van der Waals surface area contributed by atoms with E-state index < -0.39 is 0 Å². The Morgan fingerprint density at radius 1 is 1.39 bits per heavy atom. The number of hydrogen-bond donors (Lipinski definition) is 1. The van der Waals surface area contributed by atoms with Gasteiger partial charge in [0.05, 0.1) is 16.8 Å². The van der Waals surface area contributed by atoms with Gasteiger partial charge in [0.25, 0.3) is 0 Å². The number of hydrogen-bond acceptors (Lipinski definition) is 2. The molecule has 2 atom stereocenters. The van der Waals surface area contributed by atoms with Crippen LogP contribution in [-0.4, -0.2) is 6.54 Å². The molecule has 0 aliphatic heterocycles. The highest BCUT2D eigenvalue weighted by Crippen LogP contribution is 2.35. The van der Waals surface area contributed by atoms with Crippen molar-refractivity contribution in [1.29, 1.82) is 0 Å². The fourth-order valence-corrected chi connectivity index (χ4v) is 2.34. The van der Waals surface area contributed by atoms with Crippen molar-refractivity contribution < 1.29 is 4.42 Å². The van der Waals surface area contributed by atoms with E-state index in [2.05, 4.69) is 55.9 Å². The molecule has 0 amide bonds. The molecule has 18 heavy (non-hydrogen) atoms. The minimum absolute atomic E-state index is 0.295. The van der Waals surface area contributed by atoms with Crippen molar-refractivity contribution in [3.05, 3.63) is 22.6 Å². The Morgan fingerprint density at radius 2 is 2.06 bits per heavy atom. The summed E-state index contributed by atoms with van der Waals surface area (Å²) in [6.07, 6.45) is 3.98. The summed E-state index contributed by atoms with van der Waals surface area (Å²) in [5, 5.41) is 3.59. The molecule has 0 spiro atoms. The van der Waals surface area contributed by atoms with Crippen LogP contribution in [0.15, 0.2) is 21.2 Å². The molecule has 0 bridgehead atoms. The molecule has 0 aromatic carbocycles. The summed E-state index contributed by atoms with van der Waals surface area (Å²) in [7, 11) is 0. The second-order valence-corrected chi connectivity index (χ2v) is 7.00. The van der Waals surface area contributed by atoms with Crippen LogP contribution in [0.4, 0.5) is 0 Å². The topological polar surface area (TPSA) is 25.2 Å². The van der Waals surface area contributed by atoms with Gasteiger partial charge in [0.1, 0.15) is 5.76 Å². The van der Waals surface area contributed by atoms with Crippen LogP contribution in [0.2, 0.25) is 0 Å². The zero-order valence-electron chi connectivity index (χ0n) is 12.2. The molecule has 2 unspecified atom stereocenters. The highest BCUT2D eigenvalue weighted by molar-refractivity contribution is 9.10. The van der Waals surface area contributed by atoms with Gasteiger partial charge in [-0.15, -0.1) is 0 Å². The molecule has 0 aliphatic rings. The summed E-state index contributed by atoms with van der Waals surface area (Å²) in [5.74, 6) is 1.66. The minimum atomic E-state index is 0.295. The first-order valence-electron chi connectivity index (χ1n) is 6.82. The first-order chi connectivity index (χ1) is 8.36. The molecule has 1 rings (SSSR count). The molecule has 0 fully saturated rings. The maximum absolute atomic E-state index is 5.63. The van der Waals surface area contributed by atoms with Gasteiger partial charge in [-0.3, -0.25) is 0 Å². The summed E-state index contributed by atoms with van der Waals surface area (Å²) >= 11 is 3.57. The van der Waals surface area contributed by atoms with Gasteiger partial charge in [-0.25, -0.2) is 0 Å². The van der Waals surface area contributed by atoms with Gasteiger partial charge in [0, 0.05) is 0 Å². The van der Waals surface area contributed by atoms with Crippen molar-refractivity contribution in [3.8, 4) is 0 Å². The van der Waals surface area contributed by atoms with Gasteiger partial charge in [-0.2, -0.15) is 0 Å². The molecular formula is C15H26BrNO. The van der Waals surface area contributed by atoms with E-state index in [0.717, 1.165) is 29.6 Å². The van der Waals surface area contributed by atoms with E-state index in [4.69, 9.17) is 4.42 Å². The van der Waals surface area contributed by atoms with E-state index in [1.165, 1.54) is 0 Å². The van der Waals surface area contributed by atoms with Crippen LogP contribution in [0.3, 0.4) is 0 Å². The molecule has 1 aromatic heterocycles. The number of furan rings is 1. The van der Waals surface area contributed by atoms with Crippen molar-refractivity contribution >= 4 is 15.9 Å². The molecule has 0 saturated heterocycles. The lowest BCUT2D eigenvalue weighted by molar-refractivity contribution is 0.213. The fraction of sp³-hybridized carbons (Fsp3) is 0.733. The van der Waals surface area contributed by atoms with E-state index in [-0.39, 0.29) is 0 Å². The summed E-state index contributed by atoms with van der Waals surface area (Å²) < 4.78 is 6.69. The van der Waals surface area contributed by atoms with Crippen LogP contribution in [0.5, 0.6) is 0 Å². The third-order valence-corrected chi connectivity index (χ3v) is 4.32. The normalized spacial score (nSPS) is 15.7. The van der Waals surface area contributed by atoms with Gasteiger partial charge < -0.3 is 9.73 Å². The summed E-state index contributed by atoms with van der Waals surface area (Å²) in [5.41, 5.74) is 0.325. The molecular weight excluding hydrogens is 290 g/mol. The van der Waals surface area contributed by atoms with Crippen LogP contribution < -0.4 is 5.32 Å². The molecule has 0 saturated carbocycles. The maximum Gasteiger partial charge on any atom is 0.134 e. The average Bonchev–Trinajstić information content (AvgIpc) is 2.69. The van der Waals surface area contributed by atoms with Crippen LogP contribution in [0.25, 0.3) is 0 Å². The lowest BCUT2D eigenvalue weighted by Crippen LogP contribution is -2.28. The molecule has 2 nitrogen and oxygen atoms in total. The first-order valence-corrected chi connectivity index (χ1v) is 7.61. The minimum Gasteiger partial charge on any atom is -0.466 e. The largest absolute Gasteiger partial charge is 0.466 e. The summed E-state index contributed by atoms with van der Waals surface area (Å²) in [4.78, 5) is 0. The van der Waals surface area contributed by atoms with E-state index in [1.54, 1.807) is 6.26 Å². The Bertz CT molecular complexity index is 354. The predicted octanol–water partition coefficient (Wildman–Crippen LogP) is 5.16. The first kappa shape index (κ1) is 15.8. The van der Waals surface area contributed by atoms with Crippen molar-refractivity contribution in [2.24, 2.45) is 11.3 Å². The third kappa shape index (κ3) is 4.43. The van der Waals surface area contributed by atoms with Crippen molar-refractivity contribution in [1.82, 2.24) is 5.32 Å². The van der Waals surface area contributed by atoms with Gasteiger partial charge in [0.15, 0.2) is 0 Å². The molecule has 104 valence electrons. The lowest BCUT2D eigenvalue weighted by atomic mass is 9.78. The lowest BCUT2D eigenvalue weighted by Gasteiger charge is -2.30. The van der Waals surface area contributed by atoms with Crippen molar-refractivity contribution in [2.45, 2.75) is 53.5 Å². The fourth-order valence-electron chi connectivity index (χ4n) is 1.86. The number of halogens is 1. The standard InChI is InChI=1S/C15H26BrNO/c1-6-8-17-13(10-11(2)15(3,4)5)14-12(16)7-9-18-14/h7,9,11,13,17H,6,8,10H2,1-5H3. The van der Waals surface area contributed by atoms with Gasteiger partial charge >= 0.3 is 0 Å². The Morgan fingerprint density at radius 3 is 2.50 bits per heavy atom. The molecule has 1 heterocycles. The second kappa shape index (κ2) is 6.76. The van der Waals surface area contributed by atoms with Crippen LogP contribution in [-0.2, 0) is 0 Å². The van der Waals surface area contributed by atoms with Crippen molar-refractivity contribution in [3.63, 3.8) is 0 Å². The van der Waals surface area contributed by atoms with Crippen LogP contribution in [0, 0.1) is 11.3 Å². The Balaban J connectivity index is 2.77. The van der Waals surface area contributed by atoms with Gasteiger partial charge in [-0.1, -0.05) is 34.6 Å². The van der Waals surface area contributed by atoms with E-state index in [1.807, 2.05) is 6.07 Å². The second-order valence-electron chi connectivity index (χ2n) is 6.14. The molecule has 0 aliphatic carbocycles. The van der Waals surface area contributed by atoms with Crippen LogP contribution >= 0.6 is 15.9 Å². The summed E-state index contributed by atoms with van der Waals surface area (Å²) in [6.45, 7) is 12.4. The Labute approximate surface area is 120 Å². The zero-order chi connectivity index (χ0) is 13.8. The predicted molar refractivity (Wildman–Crippen MR) is 80.7 cm³/mol. The molecule has 1 aromatic rings. The van der Waals surface area contributed by atoms with E-state index in [9.17, 15) is 0 Å². The number of rotatable bonds is 6. The van der Waals surface area contributed by atoms with Gasteiger partial charge in [0.2, 0.25) is 0 Å². The molecule has 1 N–H and O–H groups in total. The zero-order valence-corrected chi connectivity index (χ0v) is 13.8. The highest BCUT2D eigenvalue weighted by atomic mass is 79.9. The molecule has 0 radical (unpaired) electrons. The Kier molecular flexibility index (Phi) is 5.93. The SMILES string of the molecule is CCCNC(CC(C)C(C)(C)C)c1occc1Br. The molecule has 3 heteroatoms.